The number of halogens is 2. The SMILES string of the molecule is Cc1c(CN(C)CC(=O)Nc2ccc(F)cc2F)cnn1C. The van der Waals surface area contributed by atoms with Gasteiger partial charge in [0, 0.05) is 30.9 Å². The van der Waals surface area contributed by atoms with E-state index in [4.69, 9.17) is 0 Å². The lowest BCUT2D eigenvalue weighted by Gasteiger charge is -2.16. The number of benzene rings is 1. The number of hydrogen-bond donors (Lipinski definition) is 1. The number of carbonyl (C=O) groups is 1. The number of likely N-dealkylation sites (N-methyl/N-ethyl adjacent to an activating group) is 1. The van der Waals surface area contributed by atoms with Crippen molar-refractivity contribution in [2.45, 2.75) is 13.5 Å². The van der Waals surface area contributed by atoms with Crippen molar-refractivity contribution in [3.05, 3.63) is 47.3 Å². The van der Waals surface area contributed by atoms with Crippen LogP contribution in [0.1, 0.15) is 11.3 Å². The highest BCUT2D eigenvalue weighted by atomic mass is 19.1. The molecule has 0 radical (unpaired) electrons. The highest BCUT2D eigenvalue weighted by Crippen LogP contribution is 2.15. The van der Waals surface area contributed by atoms with Crippen LogP contribution < -0.4 is 5.32 Å². The van der Waals surface area contributed by atoms with E-state index in [1.165, 1.54) is 6.07 Å². The van der Waals surface area contributed by atoms with Gasteiger partial charge in [0.05, 0.1) is 18.4 Å². The molecule has 0 atom stereocenters. The molecule has 1 aromatic carbocycles. The summed E-state index contributed by atoms with van der Waals surface area (Å²) in [5, 5.41) is 6.57. The van der Waals surface area contributed by atoms with Crippen molar-refractivity contribution in [3.8, 4) is 0 Å². The molecule has 2 rings (SSSR count). The Kier molecular flexibility index (Phi) is 4.87. The lowest BCUT2D eigenvalue weighted by Crippen LogP contribution is -2.30. The zero-order valence-electron chi connectivity index (χ0n) is 12.7. The molecule has 0 aliphatic rings. The molecule has 1 N–H and O–H groups in total. The van der Waals surface area contributed by atoms with E-state index in [-0.39, 0.29) is 18.1 Å². The maximum absolute atomic E-state index is 13.5. The van der Waals surface area contributed by atoms with E-state index >= 15 is 0 Å². The number of nitrogens with one attached hydrogen (secondary N) is 1. The second-order valence-corrected chi connectivity index (χ2v) is 5.22. The Labute approximate surface area is 127 Å². The van der Waals surface area contributed by atoms with Crippen molar-refractivity contribution in [2.75, 3.05) is 18.9 Å². The number of rotatable bonds is 5. The Morgan fingerprint density at radius 2 is 2.14 bits per heavy atom. The molecule has 0 aliphatic carbocycles. The Hall–Kier alpha value is -2.28. The normalized spacial score (nSPS) is 11.0. The largest absolute Gasteiger partial charge is 0.322 e. The second kappa shape index (κ2) is 6.65. The summed E-state index contributed by atoms with van der Waals surface area (Å²) in [5.74, 6) is -1.84. The molecule has 1 heterocycles. The molecule has 0 saturated heterocycles. The molecule has 118 valence electrons. The molecule has 1 aromatic heterocycles. The van der Waals surface area contributed by atoms with Crippen LogP contribution in [0.5, 0.6) is 0 Å². The molecule has 0 saturated carbocycles. The zero-order valence-corrected chi connectivity index (χ0v) is 12.7. The standard InChI is InChI=1S/C15H18F2N4O/c1-10-11(7-18-21(10)3)8-20(2)9-15(22)19-14-5-4-12(16)6-13(14)17/h4-7H,8-9H2,1-3H3,(H,19,22). The third-order valence-corrected chi connectivity index (χ3v) is 3.40. The van der Waals surface area contributed by atoms with Gasteiger partial charge < -0.3 is 5.32 Å². The molecule has 0 bridgehead atoms. The van der Waals surface area contributed by atoms with Crippen LogP contribution in [-0.2, 0) is 18.4 Å². The maximum Gasteiger partial charge on any atom is 0.238 e. The smallest absolute Gasteiger partial charge is 0.238 e. The second-order valence-electron chi connectivity index (χ2n) is 5.22. The maximum atomic E-state index is 13.5. The minimum Gasteiger partial charge on any atom is -0.322 e. The van der Waals surface area contributed by atoms with Crippen LogP contribution in [0.3, 0.4) is 0 Å². The molecule has 0 spiro atoms. The van der Waals surface area contributed by atoms with E-state index in [1.54, 1.807) is 22.8 Å². The molecule has 5 nitrogen and oxygen atoms in total. The average Bonchev–Trinajstić information content (AvgIpc) is 2.74. The number of amides is 1. The van der Waals surface area contributed by atoms with Crippen LogP contribution in [-0.4, -0.2) is 34.2 Å². The summed E-state index contributed by atoms with van der Waals surface area (Å²) < 4.78 is 28.0. The Morgan fingerprint density at radius 3 is 2.73 bits per heavy atom. The highest BCUT2D eigenvalue weighted by Gasteiger charge is 2.12. The number of hydrogen-bond acceptors (Lipinski definition) is 3. The molecule has 0 aliphatic heterocycles. The van der Waals surface area contributed by atoms with Gasteiger partial charge in [-0.15, -0.1) is 0 Å². The van der Waals surface area contributed by atoms with Crippen molar-refractivity contribution in [3.63, 3.8) is 0 Å². The summed E-state index contributed by atoms with van der Waals surface area (Å²) in [6.07, 6.45) is 1.75. The van der Waals surface area contributed by atoms with E-state index in [0.29, 0.717) is 6.54 Å². The van der Waals surface area contributed by atoms with E-state index in [1.807, 2.05) is 14.0 Å². The fourth-order valence-corrected chi connectivity index (χ4v) is 2.07. The summed E-state index contributed by atoms with van der Waals surface area (Å²) in [5.41, 5.74) is 2.01. The monoisotopic (exact) mass is 308 g/mol. The molecule has 1 amide bonds. The van der Waals surface area contributed by atoms with Crippen LogP contribution >= 0.6 is 0 Å². The van der Waals surface area contributed by atoms with Crippen molar-refractivity contribution in [2.24, 2.45) is 7.05 Å². The molecule has 0 unspecified atom stereocenters. The number of aryl methyl sites for hydroxylation is 1. The van der Waals surface area contributed by atoms with Gasteiger partial charge in [-0.1, -0.05) is 0 Å². The van der Waals surface area contributed by atoms with Gasteiger partial charge in [0.2, 0.25) is 5.91 Å². The molecule has 0 fully saturated rings. The first-order valence-corrected chi connectivity index (χ1v) is 6.77. The quantitative estimate of drug-likeness (QED) is 0.920. The Bertz CT molecular complexity index is 684. The van der Waals surface area contributed by atoms with Crippen molar-refractivity contribution < 1.29 is 13.6 Å². The number of anilines is 1. The lowest BCUT2D eigenvalue weighted by atomic mass is 10.2. The number of nitrogens with zero attached hydrogens (tertiary/aromatic N) is 3. The van der Waals surface area contributed by atoms with Crippen LogP contribution in [0.15, 0.2) is 24.4 Å². The van der Waals surface area contributed by atoms with Crippen LogP contribution in [0, 0.1) is 18.6 Å². The minimum absolute atomic E-state index is 0.0302. The minimum atomic E-state index is -0.792. The van der Waals surface area contributed by atoms with E-state index < -0.39 is 11.6 Å². The first-order valence-electron chi connectivity index (χ1n) is 6.77. The summed E-state index contributed by atoms with van der Waals surface area (Å²) >= 11 is 0. The molecule has 2 aromatic rings. The molecular formula is C15H18F2N4O. The third-order valence-electron chi connectivity index (χ3n) is 3.40. The van der Waals surface area contributed by atoms with E-state index in [0.717, 1.165) is 23.4 Å². The van der Waals surface area contributed by atoms with Crippen LogP contribution in [0.25, 0.3) is 0 Å². The van der Waals surface area contributed by atoms with E-state index in [2.05, 4.69) is 10.4 Å². The van der Waals surface area contributed by atoms with Gasteiger partial charge >= 0.3 is 0 Å². The predicted molar refractivity (Wildman–Crippen MR) is 79.3 cm³/mol. The number of carbonyl (C=O) groups excluding carboxylic acids is 1. The third kappa shape index (κ3) is 3.88. The Morgan fingerprint density at radius 1 is 1.41 bits per heavy atom. The van der Waals surface area contributed by atoms with Gasteiger partial charge in [-0.25, -0.2) is 8.78 Å². The summed E-state index contributed by atoms with van der Waals surface area (Å²) in [6.45, 7) is 2.59. The Balaban J connectivity index is 1.92. The van der Waals surface area contributed by atoms with Gasteiger partial charge in [0.1, 0.15) is 11.6 Å². The molecule has 7 heteroatoms. The molecule has 22 heavy (non-hydrogen) atoms. The van der Waals surface area contributed by atoms with Crippen molar-refractivity contribution in [1.82, 2.24) is 14.7 Å². The first-order chi connectivity index (χ1) is 10.4. The fraction of sp³-hybridized carbons (Fsp3) is 0.333. The van der Waals surface area contributed by atoms with Gasteiger partial charge in [-0.2, -0.15) is 5.10 Å². The lowest BCUT2D eigenvalue weighted by molar-refractivity contribution is -0.117. The number of aromatic nitrogens is 2. The summed E-state index contributed by atoms with van der Waals surface area (Å²) in [7, 11) is 3.63. The summed E-state index contributed by atoms with van der Waals surface area (Å²) in [6, 6.07) is 3.04. The van der Waals surface area contributed by atoms with Gasteiger partial charge in [0.25, 0.3) is 0 Å². The van der Waals surface area contributed by atoms with Gasteiger partial charge in [-0.3, -0.25) is 14.4 Å². The van der Waals surface area contributed by atoms with Crippen LogP contribution in [0.4, 0.5) is 14.5 Å². The summed E-state index contributed by atoms with van der Waals surface area (Å²) in [4.78, 5) is 13.7. The predicted octanol–water partition coefficient (Wildman–Crippen LogP) is 2.08. The van der Waals surface area contributed by atoms with Gasteiger partial charge in [0.15, 0.2) is 0 Å². The first kappa shape index (κ1) is 16.1. The van der Waals surface area contributed by atoms with Gasteiger partial charge in [-0.05, 0) is 26.1 Å². The van der Waals surface area contributed by atoms with Crippen LogP contribution in [0.2, 0.25) is 0 Å². The highest BCUT2D eigenvalue weighted by molar-refractivity contribution is 5.92. The fourth-order valence-electron chi connectivity index (χ4n) is 2.07. The molecular weight excluding hydrogens is 290 g/mol. The zero-order chi connectivity index (χ0) is 16.3. The van der Waals surface area contributed by atoms with Crippen molar-refractivity contribution >= 4 is 11.6 Å². The topological polar surface area (TPSA) is 50.2 Å². The van der Waals surface area contributed by atoms with E-state index in [9.17, 15) is 13.6 Å². The average molecular weight is 308 g/mol. The van der Waals surface area contributed by atoms with Crippen molar-refractivity contribution in [1.29, 1.82) is 0 Å².